The monoisotopic (exact) mass is 480 g/mol. The topological polar surface area (TPSA) is 73.2 Å². The molecular formula is C28H36N2O5. The number of carboxylic acid groups (broad SMARTS) is 1. The molecular weight excluding hydrogens is 444 g/mol. The van der Waals surface area contributed by atoms with Crippen LogP contribution in [0.2, 0.25) is 0 Å². The fraction of sp³-hybridized carbons (Fsp3) is 0.464. The van der Waals surface area contributed by atoms with E-state index in [0.29, 0.717) is 38.1 Å². The van der Waals surface area contributed by atoms with Crippen LogP contribution in [0.4, 0.5) is 0 Å². The van der Waals surface area contributed by atoms with Gasteiger partial charge in [0.1, 0.15) is 11.3 Å². The predicted octanol–water partition coefficient (Wildman–Crippen LogP) is 4.65. The van der Waals surface area contributed by atoms with Crippen LogP contribution in [0.15, 0.2) is 54.7 Å². The summed E-state index contributed by atoms with van der Waals surface area (Å²) >= 11 is 0. The molecule has 1 aromatic heterocycles. The van der Waals surface area contributed by atoms with Crippen molar-refractivity contribution in [1.82, 2.24) is 9.47 Å². The van der Waals surface area contributed by atoms with Crippen LogP contribution in [0, 0.1) is 0 Å². The number of aromatic nitrogens is 1. The van der Waals surface area contributed by atoms with Crippen LogP contribution in [0.3, 0.4) is 0 Å². The summed E-state index contributed by atoms with van der Waals surface area (Å²) in [6.45, 7) is 6.38. The van der Waals surface area contributed by atoms with Crippen molar-refractivity contribution in [3.05, 3.63) is 65.9 Å². The van der Waals surface area contributed by atoms with Gasteiger partial charge in [-0.05, 0) is 62.0 Å². The van der Waals surface area contributed by atoms with Crippen molar-refractivity contribution in [3.63, 3.8) is 0 Å². The number of hydrogen-bond acceptors (Lipinski definition) is 5. The molecule has 1 N–H and O–H groups in total. The van der Waals surface area contributed by atoms with Crippen LogP contribution < -0.4 is 4.74 Å². The normalized spacial score (nSPS) is 15.0. The van der Waals surface area contributed by atoms with E-state index in [1.807, 2.05) is 0 Å². The molecule has 0 bridgehead atoms. The number of carbonyl (C=O) groups is 1. The van der Waals surface area contributed by atoms with E-state index >= 15 is 0 Å². The molecule has 1 aliphatic heterocycles. The van der Waals surface area contributed by atoms with Crippen LogP contribution in [-0.4, -0.2) is 73.7 Å². The second kappa shape index (κ2) is 12.7. The van der Waals surface area contributed by atoms with Gasteiger partial charge in [0, 0.05) is 37.3 Å². The lowest BCUT2D eigenvalue weighted by Gasteiger charge is -2.32. The number of piperidine rings is 1. The quantitative estimate of drug-likeness (QED) is 0.359. The Kier molecular flexibility index (Phi) is 9.17. The molecule has 188 valence electrons. The van der Waals surface area contributed by atoms with Crippen LogP contribution in [0.5, 0.6) is 5.75 Å². The average Bonchev–Trinajstić information content (AvgIpc) is 3.26. The maximum Gasteiger partial charge on any atom is 0.339 e. The highest BCUT2D eigenvalue weighted by atomic mass is 16.5. The molecule has 7 nitrogen and oxygen atoms in total. The molecule has 3 aromatic rings. The highest BCUT2D eigenvalue weighted by Gasteiger charge is 2.23. The van der Waals surface area contributed by atoms with Crippen LogP contribution in [-0.2, 0) is 16.0 Å². The molecule has 0 spiro atoms. The Morgan fingerprint density at radius 1 is 0.971 bits per heavy atom. The fourth-order valence-electron chi connectivity index (χ4n) is 4.90. The zero-order valence-corrected chi connectivity index (χ0v) is 20.5. The number of para-hydroxylation sites is 2. The van der Waals surface area contributed by atoms with E-state index in [9.17, 15) is 9.90 Å². The van der Waals surface area contributed by atoms with Crippen molar-refractivity contribution >= 4 is 16.9 Å². The summed E-state index contributed by atoms with van der Waals surface area (Å²) in [7, 11) is 1.69. The molecule has 1 saturated heterocycles. The van der Waals surface area contributed by atoms with E-state index in [2.05, 4.69) is 39.9 Å². The first-order valence-electron chi connectivity index (χ1n) is 12.5. The summed E-state index contributed by atoms with van der Waals surface area (Å²) in [6.07, 6.45) is 5.49. The van der Waals surface area contributed by atoms with Gasteiger partial charge in [-0.25, -0.2) is 4.79 Å². The van der Waals surface area contributed by atoms with E-state index in [4.69, 9.17) is 14.2 Å². The van der Waals surface area contributed by atoms with Gasteiger partial charge in [0.2, 0.25) is 0 Å². The third-order valence-electron chi connectivity index (χ3n) is 6.75. The molecule has 2 heterocycles. The summed E-state index contributed by atoms with van der Waals surface area (Å²) in [4.78, 5) is 13.8. The number of likely N-dealkylation sites (tertiary alicyclic amines) is 1. The minimum Gasteiger partial charge on any atom is -0.493 e. The van der Waals surface area contributed by atoms with Gasteiger partial charge in [-0.2, -0.15) is 0 Å². The number of aromatic carboxylic acids is 1. The fourth-order valence-corrected chi connectivity index (χ4v) is 4.90. The molecule has 1 aliphatic rings. The first-order chi connectivity index (χ1) is 17.2. The maximum absolute atomic E-state index is 11.3. The molecule has 1 fully saturated rings. The van der Waals surface area contributed by atoms with E-state index in [-0.39, 0.29) is 5.56 Å². The van der Waals surface area contributed by atoms with Gasteiger partial charge in [0.25, 0.3) is 0 Å². The van der Waals surface area contributed by atoms with E-state index in [1.165, 1.54) is 16.5 Å². The van der Waals surface area contributed by atoms with Gasteiger partial charge in [0.15, 0.2) is 0 Å². The Labute approximate surface area is 207 Å². The molecule has 0 amide bonds. The highest BCUT2D eigenvalue weighted by Crippen LogP contribution is 2.34. The Hall–Kier alpha value is -2.87. The zero-order chi connectivity index (χ0) is 24.5. The number of methoxy groups -OCH3 is 1. The van der Waals surface area contributed by atoms with E-state index in [0.717, 1.165) is 45.4 Å². The number of fused-ring (bicyclic) bond motifs is 1. The summed E-state index contributed by atoms with van der Waals surface area (Å²) in [6, 6.07) is 15.5. The largest absolute Gasteiger partial charge is 0.493 e. The highest BCUT2D eigenvalue weighted by molar-refractivity contribution is 5.90. The SMILES string of the molecule is COCCOCCn1cc(C2CCN(CCCOc3ccccc3C(=O)O)CC2)c2ccccc21. The van der Waals surface area contributed by atoms with Gasteiger partial charge in [-0.3, -0.25) is 0 Å². The Bertz CT molecular complexity index is 1090. The molecule has 0 saturated carbocycles. The smallest absolute Gasteiger partial charge is 0.339 e. The molecule has 7 heteroatoms. The molecule has 0 unspecified atom stereocenters. The van der Waals surface area contributed by atoms with Crippen LogP contribution in [0.1, 0.15) is 41.1 Å². The number of hydrogen-bond donors (Lipinski definition) is 1. The summed E-state index contributed by atoms with van der Waals surface area (Å²) in [5, 5.41) is 10.6. The molecule has 35 heavy (non-hydrogen) atoms. The lowest BCUT2D eigenvalue weighted by molar-refractivity contribution is 0.0670. The van der Waals surface area contributed by atoms with Gasteiger partial charge < -0.3 is 28.8 Å². The average molecular weight is 481 g/mol. The van der Waals surface area contributed by atoms with Crippen molar-refractivity contribution in [3.8, 4) is 5.75 Å². The first-order valence-corrected chi connectivity index (χ1v) is 12.5. The van der Waals surface area contributed by atoms with Crippen LogP contribution >= 0.6 is 0 Å². The third kappa shape index (κ3) is 6.63. The van der Waals surface area contributed by atoms with E-state index < -0.39 is 5.97 Å². The Morgan fingerprint density at radius 2 is 1.74 bits per heavy atom. The number of nitrogens with zero attached hydrogens (tertiary/aromatic N) is 2. The molecule has 4 rings (SSSR count). The number of benzene rings is 2. The second-order valence-electron chi connectivity index (χ2n) is 9.02. The van der Waals surface area contributed by atoms with Crippen molar-refractivity contribution in [2.45, 2.75) is 31.7 Å². The van der Waals surface area contributed by atoms with Crippen molar-refractivity contribution in [2.24, 2.45) is 0 Å². The predicted molar refractivity (Wildman–Crippen MR) is 137 cm³/mol. The molecule has 2 aromatic carbocycles. The maximum atomic E-state index is 11.3. The van der Waals surface area contributed by atoms with Gasteiger partial charge in [-0.1, -0.05) is 30.3 Å². The summed E-state index contributed by atoms with van der Waals surface area (Å²) in [5.74, 6) is 0.0485. The van der Waals surface area contributed by atoms with E-state index in [1.54, 1.807) is 31.4 Å². The first kappa shape index (κ1) is 25.2. The second-order valence-corrected chi connectivity index (χ2v) is 9.02. The zero-order valence-electron chi connectivity index (χ0n) is 20.5. The number of carboxylic acids is 1. The third-order valence-corrected chi connectivity index (χ3v) is 6.75. The minimum absolute atomic E-state index is 0.217. The van der Waals surface area contributed by atoms with Crippen molar-refractivity contribution in [1.29, 1.82) is 0 Å². The Morgan fingerprint density at radius 3 is 2.54 bits per heavy atom. The number of rotatable bonds is 13. The van der Waals surface area contributed by atoms with Crippen LogP contribution in [0.25, 0.3) is 10.9 Å². The van der Waals surface area contributed by atoms with Crippen molar-refractivity contribution in [2.75, 3.05) is 53.2 Å². The van der Waals surface area contributed by atoms with Gasteiger partial charge >= 0.3 is 5.97 Å². The molecule has 0 atom stereocenters. The lowest BCUT2D eigenvalue weighted by Crippen LogP contribution is -2.34. The van der Waals surface area contributed by atoms with Crippen molar-refractivity contribution < 1.29 is 24.1 Å². The summed E-state index contributed by atoms with van der Waals surface area (Å²) < 4.78 is 18.8. The molecule has 0 aliphatic carbocycles. The van der Waals surface area contributed by atoms with Gasteiger partial charge in [0.05, 0.1) is 26.4 Å². The number of ether oxygens (including phenoxy) is 3. The minimum atomic E-state index is -0.956. The standard InChI is InChI=1S/C28H36N2O5/c1-33-19-20-34-18-16-30-21-25(23-7-2-4-9-26(23)30)22-11-14-29(15-12-22)13-6-17-35-27-10-5-3-8-24(27)28(31)32/h2-5,7-10,21-22H,6,11-20H2,1H3,(H,31,32). The Balaban J connectivity index is 1.26. The lowest BCUT2D eigenvalue weighted by atomic mass is 9.89. The van der Waals surface area contributed by atoms with Gasteiger partial charge in [-0.15, -0.1) is 0 Å². The molecule has 0 radical (unpaired) electrons. The summed E-state index contributed by atoms with van der Waals surface area (Å²) in [5.41, 5.74) is 2.94.